The first kappa shape index (κ1) is 17.7. The van der Waals surface area contributed by atoms with Crippen molar-refractivity contribution in [2.75, 3.05) is 37.8 Å². The number of urea groups is 1. The van der Waals surface area contributed by atoms with Crippen molar-refractivity contribution in [1.29, 1.82) is 0 Å². The third kappa shape index (κ3) is 3.56. The first-order chi connectivity index (χ1) is 12.6. The van der Waals surface area contributed by atoms with Gasteiger partial charge in [0, 0.05) is 36.8 Å². The first-order valence-corrected chi connectivity index (χ1v) is 10.8. The summed E-state index contributed by atoms with van der Waals surface area (Å²) in [6.07, 6.45) is 7.33. The van der Waals surface area contributed by atoms with E-state index in [2.05, 4.69) is 10.2 Å². The van der Waals surface area contributed by atoms with Gasteiger partial charge >= 0.3 is 6.03 Å². The standard InChI is InChI=1S/C20H27N3O2S/c1-26-17-7-5-16(6-8-17)21-19(25)23-12-10-20(14-23)9-2-11-22(18(20)24)13-15-3-4-15/h5-8,15H,2-4,9-14H2,1H3,(H,21,25)/t20-/m1/s1. The van der Waals surface area contributed by atoms with E-state index in [9.17, 15) is 9.59 Å². The molecule has 5 nitrogen and oxygen atoms in total. The average molecular weight is 374 g/mol. The van der Waals surface area contributed by atoms with Crippen LogP contribution in [-0.4, -0.2) is 54.2 Å². The Morgan fingerprint density at radius 3 is 2.69 bits per heavy atom. The normalized spacial score (nSPS) is 25.8. The Hall–Kier alpha value is -1.69. The SMILES string of the molecule is CSc1ccc(NC(=O)N2CC[C@]3(CCCN(CC4CC4)C3=O)C2)cc1. The average Bonchev–Trinajstić information content (AvgIpc) is 3.37. The molecule has 3 fully saturated rings. The number of carbonyl (C=O) groups excluding carboxylic acids is 2. The zero-order chi connectivity index (χ0) is 18.1. The fourth-order valence-corrected chi connectivity index (χ4v) is 4.65. The summed E-state index contributed by atoms with van der Waals surface area (Å²) in [5.41, 5.74) is 0.465. The number of thioether (sulfide) groups is 1. The first-order valence-electron chi connectivity index (χ1n) is 9.59. The molecule has 0 unspecified atom stereocenters. The van der Waals surface area contributed by atoms with Crippen LogP contribution in [-0.2, 0) is 4.79 Å². The molecular weight excluding hydrogens is 346 g/mol. The fourth-order valence-electron chi connectivity index (χ4n) is 4.24. The third-order valence-electron chi connectivity index (χ3n) is 5.98. The van der Waals surface area contributed by atoms with Crippen LogP contribution in [0.25, 0.3) is 0 Å². The van der Waals surface area contributed by atoms with Crippen molar-refractivity contribution in [2.45, 2.75) is 37.0 Å². The molecule has 3 amide bonds. The summed E-state index contributed by atoms with van der Waals surface area (Å²) in [6, 6.07) is 7.78. The van der Waals surface area contributed by atoms with Crippen molar-refractivity contribution >= 4 is 29.4 Å². The predicted octanol–water partition coefficient (Wildman–Crippen LogP) is 3.66. The van der Waals surface area contributed by atoms with E-state index >= 15 is 0 Å². The zero-order valence-electron chi connectivity index (χ0n) is 15.4. The smallest absolute Gasteiger partial charge is 0.321 e. The number of benzene rings is 1. The highest BCUT2D eigenvalue weighted by molar-refractivity contribution is 7.98. The maximum Gasteiger partial charge on any atom is 0.321 e. The molecule has 3 aliphatic rings. The van der Waals surface area contributed by atoms with Crippen LogP contribution in [0.3, 0.4) is 0 Å². The third-order valence-corrected chi connectivity index (χ3v) is 6.73. The number of carbonyl (C=O) groups is 2. The Kier molecular flexibility index (Phi) is 4.86. The van der Waals surface area contributed by atoms with E-state index in [4.69, 9.17) is 0 Å². The second kappa shape index (κ2) is 7.14. The molecule has 1 spiro atoms. The minimum Gasteiger partial charge on any atom is -0.342 e. The lowest BCUT2D eigenvalue weighted by Gasteiger charge is -2.39. The van der Waals surface area contributed by atoms with Gasteiger partial charge in [0.15, 0.2) is 0 Å². The number of amides is 3. The van der Waals surface area contributed by atoms with Crippen molar-refractivity contribution in [3.63, 3.8) is 0 Å². The van der Waals surface area contributed by atoms with E-state index in [1.807, 2.05) is 35.4 Å². The molecule has 1 atom stereocenters. The summed E-state index contributed by atoms with van der Waals surface area (Å²) >= 11 is 1.68. The molecule has 0 radical (unpaired) electrons. The van der Waals surface area contributed by atoms with E-state index in [-0.39, 0.29) is 17.4 Å². The number of piperidine rings is 1. The number of rotatable bonds is 4. The molecule has 0 aromatic heterocycles. The maximum atomic E-state index is 13.1. The monoisotopic (exact) mass is 373 g/mol. The summed E-state index contributed by atoms with van der Waals surface area (Å²) < 4.78 is 0. The molecule has 1 aromatic rings. The lowest BCUT2D eigenvalue weighted by molar-refractivity contribution is -0.145. The van der Waals surface area contributed by atoms with Gasteiger partial charge in [-0.1, -0.05) is 0 Å². The molecule has 1 saturated carbocycles. The van der Waals surface area contributed by atoms with E-state index in [0.29, 0.717) is 13.1 Å². The Morgan fingerprint density at radius 2 is 2.00 bits per heavy atom. The van der Waals surface area contributed by atoms with Crippen molar-refractivity contribution in [3.8, 4) is 0 Å². The van der Waals surface area contributed by atoms with Crippen LogP contribution in [0.2, 0.25) is 0 Å². The van der Waals surface area contributed by atoms with Gasteiger partial charge in [0.1, 0.15) is 0 Å². The van der Waals surface area contributed by atoms with Gasteiger partial charge in [-0.15, -0.1) is 11.8 Å². The minimum atomic E-state index is -0.340. The van der Waals surface area contributed by atoms with Crippen LogP contribution in [0, 0.1) is 11.3 Å². The Bertz CT molecular complexity index is 689. The molecular formula is C20H27N3O2S. The summed E-state index contributed by atoms with van der Waals surface area (Å²) in [5, 5.41) is 2.98. The summed E-state index contributed by atoms with van der Waals surface area (Å²) in [6.45, 7) is 3.04. The molecule has 2 heterocycles. The lowest BCUT2D eigenvalue weighted by Crippen LogP contribution is -2.51. The van der Waals surface area contributed by atoms with Gasteiger partial charge in [-0.25, -0.2) is 4.79 Å². The number of likely N-dealkylation sites (tertiary alicyclic amines) is 2. The number of nitrogens with one attached hydrogen (secondary N) is 1. The molecule has 1 aliphatic carbocycles. The van der Waals surface area contributed by atoms with Gasteiger partial charge in [0.25, 0.3) is 0 Å². The number of anilines is 1. The van der Waals surface area contributed by atoms with Gasteiger partial charge in [-0.3, -0.25) is 4.79 Å². The van der Waals surface area contributed by atoms with Crippen LogP contribution >= 0.6 is 11.8 Å². The highest BCUT2D eigenvalue weighted by atomic mass is 32.2. The number of nitrogens with zero attached hydrogens (tertiary/aromatic N) is 2. The number of hydrogen-bond acceptors (Lipinski definition) is 3. The van der Waals surface area contributed by atoms with Gasteiger partial charge in [0.2, 0.25) is 5.91 Å². The molecule has 2 aliphatic heterocycles. The van der Waals surface area contributed by atoms with Gasteiger partial charge < -0.3 is 15.1 Å². The minimum absolute atomic E-state index is 0.0918. The number of hydrogen-bond donors (Lipinski definition) is 1. The van der Waals surface area contributed by atoms with Crippen LogP contribution in [0.5, 0.6) is 0 Å². The lowest BCUT2D eigenvalue weighted by atomic mass is 9.78. The van der Waals surface area contributed by atoms with Crippen LogP contribution in [0.15, 0.2) is 29.2 Å². The largest absolute Gasteiger partial charge is 0.342 e. The maximum absolute atomic E-state index is 13.1. The highest BCUT2D eigenvalue weighted by Crippen LogP contribution is 2.41. The molecule has 26 heavy (non-hydrogen) atoms. The van der Waals surface area contributed by atoms with Crippen LogP contribution in [0.4, 0.5) is 10.5 Å². The molecule has 0 bridgehead atoms. The van der Waals surface area contributed by atoms with Crippen molar-refractivity contribution in [1.82, 2.24) is 9.80 Å². The Labute approximate surface area is 159 Å². The van der Waals surface area contributed by atoms with Crippen LogP contribution in [0.1, 0.15) is 32.1 Å². The highest BCUT2D eigenvalue weighted by Gasteiger charge is 2.49. The van der Waals surface area contributed by atoms with E-state index in [1.165, 1.54) is 17.7 Å². The second-order valence-corrected chi connectivity index (χ2v) is 8.79. The van der Waals surface area contributed by atoms with Gasteiger partial charge in [-0.2, -0.15) is 0 Å². The van der Waals surface area contributed by atoms with E-state index < -0.39 is 0 Å². The topological polar surface area (TPSA) is 52.7 Å². The fraction of sp³-hybridized carbons (Fsp3) is 0.600. The molecule has 1 aromatic carbocycles. The predicted molar refractivity (Wildman–Crippen MR) is 104 cm³/mol. The summed E-state index contributed by atoms with van der Waals surface area (Å²) in [5.74, 6) is 1.01. The van der Waals surface area contributed by atoms with E-state index in [0.717, 1.165) is 44.0 Å². The zero-order valence-corrected chi connectivity index (χ0v) is 16.2. The van der Waals surface area contributed by atoms with Crippen molar-refractivity contribution in [3.05, 3.63) is 24.3 Å². The Morgan fingerprint density at radius 1 is 1.23 bits per heavy atom. The Balaban J connectivity index is 1.38. The van der Waals surface area contributed by atoms with Crippen LogP contribution < -0.4 is 5.32 Å². The summed E-state index contributed by atoms with van der Waals surface area (Å²) in [7, 11) is 0. The summed E-state index contributed by atoms with van der Waals surface area (Å²) in [4.78, 5) is 30.8. The quantitative estimate of drug-likeness (QED) is 0.820. The molecule has 2 saturated heterocycles. The molecule has 1 N–H and O–H groups in total. The molecule has 4 rings (SSSR count). The van der Waals surface area contributed by atoms with Crippen molar-refractivity contribution in [2.24, 2.45) is 11.3 Å². The molecule has 140 valence electrons. The van der Waals surface area contributed by atoms with Crippen molar-refractivity contribution < 1.29 is 9.59 Å². The second-order valence-electron chi connectivity index (χ2n) is 7.91. The van der Waals surface area contributed by atoms with E-state index in [1.54, 1.807) is 11.8 Å². The van der Waals surface area contributed by atoms with Gasteiger partial charge in [0.05, 0.1) is 5.41 Å². The molecule has 6 heteroatoms. The van der Waals surface area contributed by atoms with Gasteiger partial charge in [-0.05, 0) is 68.5 Å².